The molecule has 10 heavy (non-hydrogen) atoms. The molecule has 1 rings (SSSR count). The summed E-state index contributed by atoms with van der Waals surface area (Å²) in [6, 6.07) is 0. The van der Waals surface area contributed by atoms with Gasteiger partial charge in [-0.3, -0.25) is 4.99 Å². The van der Waals surface area contributed by atoms with E-state index in [1.165, 1.54) is 0 Å². The smallest absolute Gasteiger partial charge is 0.109 e. The molecule has 1 aliphatic heterocycles. The van der Waals surface area contributed by atoms with Crippen molar-refractivity contribution in [3.05, 3.63) is 0 Å². The van der Waals surface area contributed by atoms with Crippen LogP contribution in [0, 0.1) is 11.3 Å². The minimum Gasteiger partial charge on any atom is -0.273 e. The first kappa shape index (κ1) is 7.45. The Labute approximate surface area is 62.1 Å². The molecular formula is C8H14N2. The monoisotopic (exact) mass is 138 g/mol. The highest BCUT2D eigenvalue weighted by Gasteiger charge is 2.22. The fourth-order valence-corrected chi connectivity index (χ4v) is 0.895. The van der Waals surface area contributed by atoms with Crippen molar-refractivity contribution in [2.45, 2.75) is 20.8 Å². The van der Waals surface area contributed by atoms with E-state index in [1.54, 1.807) is 6.34 Å². The summed E-state index contributed by atoms with van der Waals surface area (Å²) in [6.45, 7) is 7.53. The van der Waals surface area contributed by atoms with Crippen LogP contribution in [0.15, 0.2) is 9.98 Å². The molecule has 0 amide bonds. The summed E-state index contributed by atoms with van der Waals surface area (Å²) in [5.74, 6) is 0.512. The second-order valence-corrected chi connectivity index (χ2v) is 3.75. The second-order valence-electron chi connectivity index (χ2n) is 3.75. The van der Waals surface area contributed by atoms with Gasteiger partial charge in [-0.2, -0.15) is 0 Å². The van der Waals surface area contributed by atoms with E-state index < -0.39 is 0 Å². The summed E-state index contributed by atoms with van der Waals surface area (Å²) in [5, 5.41) is 0. The van der Waals surface area contributed by atoms with Crippen LogP contribution in [0.4, 0.5) is 0 Å². The summed E-state index contributed by atoms with van der Waals surface area (Å²) in [7, 11) is 0. The van der Waals surface area contributed by atoms with Crippen LogP contribution in [0.3, 0.4) is 0 Å². The number of rotatable bonds is 0. The van der Waals surface area contributed by atoms with Gasteiger partial charge >= 0.3 is 0 Å². The lowest BCUT2D eigenvalue weighted by Gasteiger charge is -2.26. The first-order valence-electron chi connectivity index (χ1n) is 3.62. The van der Waals surface area contributed by atoms with E-state index >= 15 is 0 Å². The van der Waals surface area contributed by atoms with Crippen LogP contribution in [0.25, 0.3) is 0 Å². The maximum atomic E-state index is 4.10. The fraction of sp³-hybridized carbons (Fsp3) is 0.750. The average molecular weight is 138 g/mol. The highest BCUT2D eigenvalue weighted by atomic mass is 14.9. The van der Waals surface area contributed by atoms with Gasteiger partial charge in [0.1, 0.15) is 6.34 Å². The largest absolute Gasteiger partial charge is 0.273 e. The Hall–Kier alpha value is -0.660. The molecule has 0 spiro atoms. The van der Waals surface area contributed by atoms with E-state index in [-0.39, 0.29) is 0 Å². The summed E-state index contributed by atoms with van der Waals surface area (Å²) in [5.41, 5.74) is 0.307. The van der Waals surface area contributed by atoms with Crippen LogP contribution >= 0.6 is 0 Å². The van der Waals surface area contributed by atoms with Crippen molar-refractivity contribution < 1.29 is 0 Å². The summed E-state index contributed by atoms with van der Waals surface area (Å²) < 4.78 is 0. The zero-order chi connectivity index (χ0) is 7.61. The van der Waals surface area contributed by atoms with Crippen LogP contribution in [-0.4, -0.2) is 19.1 Å². The lowest BCUT2D eigenvalue weighted by Crippen LogP contribution is -2.26. The lowest BCUT2D eigenvalue weighted by molar-refractivity contribution is 0.323. The van der Waals surface area contributed by atoms with Gasteiger partial charge in [0.15, 0.2) is 0 Å². The molecule has 0 saturated heterocycles. The van der Waals surface area contributed by atoms with Crippen molar-refractivity contribution in [2.24, 2.45) is 21.3 Å². The molecule has 1 aliphatic rings. The normalized spacial score (nSPS) is 25.3. The van der Waals surface area contributed by atoms with E-state index in [1.807, 2.05) is 6.21 Å². The zero-order valence-corrected chi connectivity index (χ0v) is 6.83. The number of hydrogen-bond donors (Lipinski definition) is 0. The Bertz CT molecular complexity index is 163. The van der Waals surface area contributed by atoms with Crippen molar-refractivity contribution in [3.8, 4) is 0 Å². The molecule has 0 fully saturated rings. The van der Waals surface area contributed by atoms with Crippen molar-refractivity contribution in [1.82, 2.24) is 0 Å². The van der Waals surface area contributed by atoms with Crippen molar-refractivity contribution >= 4 is 12.6 Å². The lowest BCUT2D eigenvalue weighted by atomic mass is 9.81. The maximum absolute atomic E-state index is 4.10. The van der Waals surface area contributed by atoms with Gasteiger partial charge in [-0.15, -0.1) is 0 Å². The van der Waals surface area contributed by atoms with Crippen LogP contribution in [0.5, 0.6) is 0 Å². The van der Waals surface area contributed by atoms with Gasteiger partial charge in [0.25, 0.3) is 0 Å². The van der Waals surface area contributed by atoms with Crippen LogP contribution < -0.4 is 0 Å². The summed E-state index contributed by atoms with van der Waals surface area (Å²) >= 11 is 0. The Morgan fingerprint density at radius 3 is 2.40 bits per heavy atom. The van der Waals surface area contributed by atoms with Crippen molar-refractivity contribution in [3.63, 3.8) is 0 Å². The molecule has 0 aromatic heterocycles. The van der Waals surface area contributed by atoms with Gasteiger partial charge in [-0.1, -0.05) is 20.8 Å². The molecule has 0 aliphatic carbocycles. The van der Waals surface area contributed by atoms with Gasteiger partial charge in [0.05, 0.1) is 0 Å². The van der Waals surface area contributed by atoms with Gasteiger partial charge in [0.2, 0.25) is 0 Å². The van der Waals surface area contributed by atoms with E-state index in [9.17, 15) is 0 Å². The molecule has 2 heteroatoms. The fourth-order valence-electron chi connectivity index (χ4n) is 0.895. The average Bonchev–Trinajstić information content (AvgIpc) is 1.88. The summed E-state index contributed by atoms with van der Waals surface area (Å²) in [4.78, 5) is 8.11. The van der Waals surface area contributed by atoms with Gasteiger partial charge in [0, 0.05) is 18.7 Å². The molecule has 0 saturated carbocycles. The number of hydrogen-bond acceptors (Lipinski definition) is 2. The van der Waals surface area contributed by atoms with E-state index in [4.69, 9.17) is 0 Å². The van der Waals surface area contributed by atoms with Crippen molar-refractivity contribution in [2.75, 3.05) is 6.54 Å². The predicted octanol–water partition coefficient (Wildman–Crippen LogP) is 1.76. The standard InChI is InChI=1S/C8H14N2/c1-8(2,3)7-4-9-6-10-5-7/h4,6-7H,5H2,1-3H3. The summed E-state index contributed by atoms with van der Waals surface area (Å²) in [6.07, 6.45) is 3.62. The Kier molecular flexibility index (Phi) is 1.88. The van der Waals surface area contributed by atoms with Crippen molar-refractivity contribution in [1.29, 1.82) is 0 Å². The van der Waals surface area contributed by atoms with E-state index in [0.29, 0.717) is 11.3 Å². The van der Waals surface area contributed by atoms with Crippen LogP contribution in [-0.2, 0) is 0 Å². The third-order valence-electron chi connectivity index (χ3n) is 1.83. The van der Waals surface area contributed by atoms with Gasteiger partial charge < -0.3 is 0 Å². The highest BCUT2D eigenvalue weighted by molar-refractivity contribution is 5.76. The first-order valence-corrected chi connectivity index (χ1v) is 3.62. The third-order valence-corrected chi connectivity index (χ3v) is 1.83. The molecule has 0 bridgehead atoms. The molecule has 0 radical (unpaired) electrons. The molecule has 1 unspecified atom stereocenters. The maximum Gasteiger partial charge on any atom is 0.109 e. The minimum atomic E-state index is 0.307. The quantitative estimate of drug-likeness (QED) is 0.487. The number of aliphatic imine (C=N–C) groups is 2. The molecular weight excluding hydrogens is 124 g/mol. The first-order chi connectivity index (χ1) is 4.61. The third kappa shape index (κ3) is 1.66. The molecule has 1 heterocycles. The molecule has 0 aromatic carbocycles. The van der Waals surface area contributed by atoms with E-state index in [2.05, 4.69) is 30.8 Å². The molecule has 2 nitrogen and oxygen atoms in total. The topological polar surface area (TPSA) is 24.7 Å². The number of nitrogens with zero attached hydrogens (tertiary/aromatic N) is 2. The Morgan fingerprint density at radius 1 is 1.40 bits per heavy atom. The Morgan fingerprint density at radius 2 is 2.10 bits per heavy atom. The molecule has 0 aromatic rings. The molecule has 1 atom stereocenters. The zero-order valence-electron chi connectivity index (χ0n) is 6.83. The van der Waals surface area contributed by atoms with E-state index in [0.717, 1.165) is 6.54 Å². The van der Waals surface area contributed by atoms with Crippen LogP contribution in [0.2, 0.25) is 0 Å². The van der Waals surface area contributed by atoms with Crippen LogP contribution in [0.1, 0.15) is 20.8 Å². The van der Waals surface area contributed by atoms with Gasteiger partial charge in [-0.05, 0) is 5.41 Å². The second kappa shape index (κ2) is 2.52. The SMILES string of the molecule is CC(C)(C)C1C=NC=NC1. The molecule has 0 N–H and O–H groups in total. The highest BCUT2D eigenvalue weighted by Crippen LogP contribution is 2.25. The minimum absolute atomic E-state index is 0.307. The predicted molar refractivity (Wildman–Crippen MR) is 44.8 cm³/mol. The molecule has 56 valence electrons. The Balaban J connectivity index is 2.60. The van der Waals surface area contributed by atoms with Gasteiger partial charge in [-0.25, -0.2) is 4.99 Å².